The normalized spacial score (nSPS) is 18.1. The van der Waals surface area contributed by atoms with Crippen LogP contribution < -0.4 is 20.4 Å². The molecule has 2 N–H and O–H groups in total. The van der Waals surface area contributed by atoms with Gasteiger partial charge in [-0.3, -0.25) is 4.90 Å². The minimum Gasteiger partial charge on any atom is -0.393 e. The van der Waals surface area contributed by atoms with Crippen LogP contribution in [0.2, 0.25) is 0 Å². The van der Waals surface area contributed by atoms with Crippen LogP contribution in [0.1, 0.15) is 5.56 Å². The summed E-state index contributed by atoms with van der Waals surface area (Å²) in [5.74, 6) is 2.38. The Hall–Kier alpha value is -2.58. The maximum Gasteiger partial charge on any atom is 0.229 e. The molecule has 3 heterocycles. The molecule has 2 saturated heterocycles. The van der Waals surface area contributed by atoms with Crippen molar-refractivity contribution in [2.24, 2.45) is 0 Å². The van der Waals surface area contributed by atoms with E-state index in [2.05, 4.69) is 45.0 Å². The van der Waals surface area contributed by atoms with E-state index in [0.717, 1.165) is 63.4 Å². The predicted molar refractivity (Wildman–Crippen MR) is 118 cm³/mol. The topological polar surface area (TPSA) is 74.0 Å². The van der Waals surface area contributed by atoms with Crippen LogP contribution >= 0.6 is 0 Å². The van der Waals surface area contributed by atoms with E-state index < -0.39 is 0 Å². The van der Waals surface area contributed by atoms with Crippen molar-refractivity contribution in [2.75, 3.05) is 87.0 Å². The van der Waals surface area contributed by atoms with Crippen LogP contribution in [-0.4, -0.2) is 81.4 Å². The van der Waals surface area contributed by atoms with E-state index in [1.807, 2.05) is 19.0 Å². The first-order valence-corrected chi connectivity index (χ1v) is 10.3. The van der Waals surface area contributed by atoms with Crippen molar-refractivity contribution in [3.63, 3.8) is 0 Å². The molecule has 8 heteroatoms. The molecule has 1 aromatic carbocycles. The van der Waals surface area contributed by atoms with E-state index in [0.29, 0.717) is 18.9 Å². The fourth-order valence-electron chi connectivity index (χ4n) is 3.88. The summed E-state index contributed by atoms with van der Waals surface area (Å²) in [6.45, 7) is 7.80. The van der Waals surface area contributed by atoms with Crippen molar-refractivity contribution in [3.05, 3.63) is 35.9 Å². The number of morpholine rings is 1. The second kappa shape index (κ2) is 8.84. The molecule has 2 aromatic rings. The van der Waals surface area contributed by atoms with Crippen LogP contribution in [0.25, 0.3) is 0 Å². The van der Waals surface area contributed by atoms with E-state index in [4.69, 9.17) is 20.4 Å². The molecule has 2 aliphatic heterocycles. The summed E-state index contributed by atoms with van der Waals surface area (Å²) >= 11 is 0. The average Bonchev–Trinajstić information content (AvgIpc) is 2.76. The van der Waals surface area contributed by atoms with Crippen LogP contribution in [0.4, 0.5) is 23.3 Å². The molecule has 8 nitrogen and oxygen atoms in total. The first kappa shape index (κ1) is 19.7. The molecule has 0 aliphatic carbocycles. The monoisotopic (exact) mass is 397 g/mol. The number of anilines is 4. The van der Waals surface area contributed by atoms with Crippen LogP contribution in [0.15, 0.2) is 30.3 Å². The molecule has 2 fully saturated rings. The highest BCUT2D eigenvalue weighted by molar-refractivity contribution is 5.77. The molecule has 0 saturated carbocycles. The molecule has 1 aromatic heterocycles. The summed E-state index contributed by atoms with van der Waals surface area (Å²) in [6, 6.07) is 10.6. The Balaban J connectivity index is 1.50. The third kappa shape index (κ3) is 4.54. The van der Waals surface area contributed by atoms with Gasteiger partial charge < -0.3 is 25.2 Å². The fraction of sp³-hybridized carbons (Fsp3) is 0.524. The second-order valence-electron chi connectivity index (χ2n) is 7.83. The van der Waals surface area contributed by atoms with Crippen LogP contribution in [0.3, 0.4) is 0 Å². The number of aromatic nitrogens is 2. The molecular formula is C21H31N7O. The number of benzene rings is 1. The Kier molecular flexibility index (Phi) is 6.01. The highest BCUT2D eigenvalue weighted by Gasteiger charge is 2.25. The van der Waals surface area contributed by atoms with Crippen LogP contribution in [0.5, 0.6) is 0 Å². The van der Waals surface area contributed by atoms with Gasteiger partial charge >= 0.3 is 0 Å². The Morgan fingerprint density at radius 1 is 0.931 bits per heavy atom. The van der Waals surface area contributed by atoms with Gasteiger partial charge in [0.15, 0.2) is 11.6 Å². The van der Waals surface area contributed by atoms with Gasteiger partial charge in [-0.2, -0.15) is 9.97 Å². The number of nitrogens with zero attached hydrogens (tertiary/aromatic N) is 6. The van der Waals surface area contributed by atoms with Gasteiger partial charge in [0.1, 0.15) is 5.69 Å². The summed E-state index contributed by atoms with van der Waals surface area (Å²) in [4.78, 5) is 18.6. The Morgan fingerprint density at radius 3 is 2.28 bits per heavy atom. The van der Waals surface area contributed by atoms with Crippen molar-refractivity contribution in [1.82, 2.24) is 14.9 Å². The summed E-state index contributed by atoms with van der Waals surface area (Å²) in [5, 5.41) is 0. The molecule has 0 atom stereocenters. The lowest BCUT2D eigenvalue weighted by Crippen LogP contribution is -2.47. The zero-order valence-corrected chi connectivity index (χ0v) is 17.4. The Labute approximate surface area is 172 Å². The summed E-state index contributed by atoms with van der Waals surface area (Å²) in [5.41, 5.74) is 8.44. The number of hydrogen-bond donors (Lipinski definition) is 1. The molecule has 29 heavy (non-hydrogen) atoms. The maximum absolute atomic E-state index is 6.45. The van der Waals surface area contributed by atoms with Gasteiger partial charge in [-0.25, -0.2) is 0 Å². The molecular weight excluding hydrogens is 366 g/mol. The van der Waals surface area contributed by atoms with Gasteiger partial charge in [0.25, 0.3) is 0 Å². The molecule has 0 spiro atoms. The molecule has 156 valence electrons. The van der Waals surface area contributed by atoms with E-state index in [1.165, 1.54) is 5.56 Å². The molecule has 4 rings (SSSR count). The van der Waals surface area contributed by atoms with Crippen molar-refractivity contribution in [1.29, 1.82) is 0 Å². The average molecular weight is 398 g/mol. The zero-order chi connectivity index (χ0) is 20.2. The lowest BCUT2D eigenvalue weighted by atomic mass is 10.2. The lowest BCUT2D eigenvalue weighted by Gasteiger charge is -2.36. The SMILES string of the molecule is CN(C)c1nc(N2CCN(Cc3ccccc3)CC2)nc(N2CCOCC2)c1N. The largest absolute Gasteiger partial charge is 0.393 e. The van der Waals surface area contributed by atoms with Gasteiger partial charge in [-0.05, 0) is 5.56 Å². The third-order valence-electron chi connectivity index (χ3n) is 5.53. The first-order chi connectivity index (χ1) is 14.1. The van der Waals surface area contributed by atoms with Gasteiger partial charge in [-0.15, -0.1) is 0 Å². The van der Waals surface area contributed by atoms with Crippen molar-refractivity contribution < 1.29 is 4.74 Å². The number of nitrogen functional groups attached to an aromatic ring is 1. The minimum atomic E-state index is 0.642. The number of ether oxygens (including phenoxy) is 1. The van der Waals surface area contributed by atoms with Gasteiger partial charge in [0, 0.05) is 59.9 Å². The molecule has 0 radical (unpaired) electrons. The summed E-state index contributed by atoms with van der Waals surface area (Å²) < 4.78 is 5.49. The smallest absolute Gasteiger partial charge is 0.229 e. The second-order valence-corrected chi connectivity index (χ2v) is 7.83. The number of piperazine rings is 1. The Morgan fingerprint density at radius 2 is 1.62 bits per heavy atom. The molecule has 0 bridgehead atoms. The quantitative estimate of drug-likeness (QED) is 0.809. The number of hydrogen-bond acceptors (Lipinski definition) is 8. The van der Waals surface area contributed by atoms with E-state index in [-0.39, 0.29) is 0 Å². The van der Waals surface area contributed by atoms with Gasteiger partial charge in [0.2, 0.25) is 5.95 Å². The van der Waals surface area contributed by atoms with Crippen LogP contribution in [-0.2, 0) is 11.3 Å². The summed E-state index contributed by atoms with van der Waals surface area (Å²) in [7, 11) is 3.95. The highest BCUT2D eigenvalue weighted by Crippen LogP contribution is 2.32. The predicted octanol–water partition coefficient (Wildman–Crippen LogP) is 1.28. The van der Waals surface area contributed by atoms with Gasteiger partial charge in [0.05, 0.1) is 13.2 Å². The van der Waals surface area contributed by atoms with Crippen molar-refractivity contribution in [3.8, 4) is 0 Å². The molecule has 0 unspecified atom stereocenters. The lowest BCUT2D eigenvalue weighted by molar-refractivity contribution is 0.122. The van der Waals surface area contributed by atoms with Gasteiger partial charge in [-0.1, -0.05) is 30.3 Å². The minimum absolute atomic E-state index is 0.642. The summed E-state index contributed by atoms with van der Waals surface area (Å²) in [6.07, 6.45) is 0. The Bertz CT molecular complexity index is 800. The van der Waals surface area contributed by atoms with Crippen LogP contribution in [0, 0.1) is 0 Å². The van der Waals surface area contributed by atoms with E-state index in [9.17, 15) is 0 Å². The third-order valence-corrected chi connectivity index (χ3v) is 5.53. The number of nitrogens with two attached hydrogens (primary N) is 1. The standard InChI is InChI=1S/C21H31N7O/c1-25(2)19-18(22)20(27-12-14-29-15-13-27)24-21(23-19)28-10-8-26(9-11-28)16-17-6-4-3-5-7-17/h3-7H,8-16,22H2,1-2H3. The highest BCUT2D eigenvalue weighted by atomic mass is 16.5. The molecule has 2 aliphatic rings. The zero-order valence-electron chi connectivity index (χ0n) is 17.4. The fourth-order valence-corrected chi connectivity index (χ4v) is 3.88. The molecule has 0 amide bonds. The maximum atomic E-state index is 6.45. The van der Waals surface area contributed by atoms with E-state index in [1.54, 1.807) is 0 Å². The number of rotatable bonds is 5. The van der Waals surface area contributed by atoms with Crippen molar-refractivity contribution >= 4 is 23.3 Å². The van der Waals surface area contributed by atoms with E-state index >= 15 is 0 Å². The van der Waals surface area contributed by atoms with Crippen molar-refractivity contribution in [2.45, 2.75) is 6.54 Å². The first-order valence-electron chi connectivity index (χ1n) is 10.3.